The largest absolute Gasteiger partial charge is 0.327 e. The highest BCUT2D eigenvalue weighted by Gasteiger charge is 2.20. The normalized spacial score (nSPS) is 14.3. The average molecular weight is 212 g/mol. The lowest BCUT2D eigenvalue weighted by Gasteiger charge is -2.29. The minimum absolute atomic E-state index is 0.214. The van der Waals surface area contributed by atoms with Crippen LogP contribution in [0, 0.1) is 5.41 Å². The van der Waals surface area contributed by atoms with Gasteiger partial charge >= 0.3 is 0 Å². The van der Waals surface area contributed by atoms with Gasteiger partial charge in [-0.1, -0.05) is 33.8 Å². The Bertz CT molecular complexity index is 170. The smallest absolute Gasteiger partial charge is 0.0160 e. The molecule has 0 bridgehead atoms. The molecule has 1 unspecified atom stereocenters. The van der Waals surface area contributed by atoms with Crippen LogP contribution in [0.4, 0.5) is 0 Å². The highest BCUT2D eigenvalue weighted by atomic mass is 15.1. The molecule has 0 aliphatic carbocycles. The van der Waals surface area contributed by atoms with Crippen LogP contribution in [0.25, 0.3) is 0 Å². The van der Waals surface area contributed by atoms with Crippen molar-refractivity contribution in [2.24, 2.45) is 11.1 Å². The van der Waals surface area contributed by atoms with E-state index in [2.05, 4.69) is 39.2 Å². The maximum Gasteiger partial charge on any atom is 0.0160 e. The molecule has 0 aromatic carbocycles. The van der Waals surface area contributed by atoms with Crippen molar-refractivity contribution >= 4 is 0 Å². The Morgan fingerprint density at radius 1 is 1.33 bits per heavy atom. The molecule has 1 atom stereocenters. The van der Waals surface area contributed by atoms with E-state index in [9.17, 15) is 0 Å². The first-order valence-corrected chi connectivity index (χ1v) is 6.00. The summed E-state index contributed by atoms with van der Waals surface area (Å²) in [5.74, 6) is 0. The van der Waals surface area contributed by atoms with Crippen LogP contribution < -0.4 is 5.73 Å². The Morgan fingerprint density at radius 2 is 1.93 bits per heavy atom. The van der Waals surface area contributed by atoms with Crippen LogP contribution in [0.15, 0.2) is 12.7 Å². The van der Waals surface area contributed by atoms with Gasteiger partial charge < -0.3 is 5.73 Å². The third-order valence-corrected chi connectivity index (χ3v) is 2.80. The van der Waals surface area contributed by atoms with Gasteiger partial charge in [0.25, 0.3) is 0 Å². The molecule has 0 heterocycles. The molecule has 0 rings (SSSR count). The van der Waals surface area contributed by atoms with E-state index in [4.69, 9.17) is 5.73 Å². The third-order valence-electron chi connectivity index (χ3n) is 2.80. The second kappa shape index (κ2) is 7.02. The van der Waals surface area contributed by atoms with Crippen LogP contribution in [0.2, 0.25) is 0 Å². The lowest BCUT2D eigenvalue weighted by atomic mass is 9.85. The van der Waals surface area contributed by atoms with E-state index < -0.39 is 0 Å². The van der Waals surface area contributed by atoms with Gasteiger partial charge in [-0.2, -0.15) is 0 Å². The van der Waals surface area contributed by atoms with Crippen molar-refractivity contribution in [1.29, 1.82) is 0 Å². The van der Waals surface area contributed by atoms with Crippen molar-refractivity contribution in [3.8, 4) is 0 Å². The van der Waals surface area contributed by atoms with Crippen LogP contribution >= 0.6 is 0 Å². The molecule has 2 heteroatoms. The summed E-state index contributed by atoms with van der Waals surface area (Å²) < 4.78 is 0. The van der Waals surface area contributed by atoms with Crippen molar-refractivity contribution in [1.82, 2.24) is 4.90 Å². The van der Waals surface area contributed by atoms with E-state index in [1.807, 2.05) is 6.08 Å². The first kappa shape index (κ1) is 14.7. The zero-order valence-electron chi connectivity index (χ0n) is 10.9. The lowest BCUT2D eigenvalue weighted by Crippen LogP contribution is -2.39. The maximum absolute atomic E-state index is 6.14. The van der Waals surface area contributed by atoms with Crippen LogP contribution in [0.5, 0.6) is 0 Å². The van der Waals surface area contributed by atoms with Gasteiger partial charge in [0.1, 0.15) is 0 Å². The molecule has 90 valence electrons. The van der Waals surface area contributed by atoms with Crippen LogP contribution in [0.3, 0.4) is 0 Å². The summed E-state index contributed by atoms with van der Waals surface area (Å²) in [7, 11) is 0. The first-order chi connectivity index (χ1) is 6.91. The lowest BCUT2D eigenvalue weighted by molar-refractivity contribution is 0.242. The molecule has 0 saturated carbocycles. The summed E-state index contributed by atoms with van der Waals surface area (Å²) in [5.41, 5.74) is 6.35. The molecule has 0 radical (unpaired) electrons. The molecule has 0 aliphatic heterocycles. The molecule has 2 N–H and O–H groups in total. The monoisotopic (exact) mass is 212 g/mol. The van der Waals surface area contributed by atoms with E-state index >= 15 is 0 Å². The zero-order chi connectivity index (χ0) is 11.9. The summed E-state index contributed by atoms with van der Waals surface area (Å²) in [6.07, 6.45) is 4.23. The molecule has 2 nitrogen and oxygen atoms in total. The highest BCUT2D eigenvalue weighted by molar-refractivity contribution is 4.80. The molecule has 0 spiro atoms. The zero-order valence-corrected chi connectivity index (χ0v) is 10.9. The summed E-state index contributed by atoms with van der Waals surface area (Å²) in [6, 6.07) is 0.279. The van der Waals surface area contributed by atoms with E-state index in [-0.39, 0.29) is 11.5 Å². The summed E-state index contributed by atoms with van der Waals surface area (Å²) >= 11 is 0. The molecule has 0 fully saturated rings. The minimum atomic E-state index is 0.214. The Labute approximate surface area is 95.5 Å². The Balaban J connectivity index is 3.92. The predicted molar refractivity (Wildman–Crippen MR) is 69.0 cm³/mol. The SMILES string of the molecule is C=CCN(CCC)CCC(N)C(C)(C)C. The molecular formula is C13H28N2. The second-order valence-electron chi connectivity index (χ2n) is 5.35. The van der Waals surface area contributed by atoms with Gasteiger partial charge in [-0.05, 0) is 31.3 Å². The van der Waals surface area contributed by atoms with E-state index in [1.54, 1.807) is 0 Å². The van der Waals surface area contributed by atoms with Crippen molar-refractivity contribution in [2.75, 3.05) is 19.6 Å². The molecule has 0 amide bonds. The van der Waals surface area contributed by atoms with Crippen molar-refractivity contribution < 1.29 is 0 Å². The number of rotatable bonds is 7. The Hall–Kier alpha value is -0.340. The number of nitrogens with zero attached hydrogens (tertiary/aromatic N) is 1. The summed E-state index contributed by atoms with van der Waals surface area (Å²) in [5, 5.41) is 0. The fourth-order valence-corrected chi connectivity index (χ4v) is 1.55. The predicted octanol–water partition coefficient (Wildman–Crippen LogP) is 2.65. The van der Waals surface area contributed by atoms with E-state index in [0.29, 0.717) is 0 Å². The Kier molecular flexibility index (Phi) is 6.86. The molecular weight excluding hydrogens is 184 g/mol. The average Bonchev–Trinajstić information content (AvgIpc) is 2.12. The van der Waals surface area contributed by atoms with Crippen molar-refractivity contribution in [2.45, 2.75) is 46.6 Å². The number of hydrogen-bond donors (Lipinski definition) is 1. The first-order valence-electron chi connectivity index (χ1n) is 6.00. The fourth-order valence-electron chi connectivity index (χ4n) is 1.55. The standard InChI is InChI=1S/C13H28N2/c1-6-9-15(10-7-2)11-8-12(14)13(3,4)5/h6,12H,1,7-11,14H2,2-5H3. The summed E-state index contributed by atoms with van der Waals surface area (Å²) in [4.78, 5) is 2.42. The minimum Gasteiger partial charge on any atom is -0.327 e. The van der Waals surface area contributed by atoms with Gasteiger partial charge in [0.2, 0.25) is 0 Å². The fraction of sp³-hybridized carbons (Fsp3) is 0.846. The highest BCUT2D eigenvalue weighted by Crippen LogP contribution is 2.19. The van der Waals surface area contributed by atoms with Crippen LogP contribution in [-0.2, 0) is 0 Å². The quantitative estimate of drug-likeness (QED) is 0.657. The summed E-state index contributed by atoms with van der Waals surface area (Å²) in [6.45, 7) is 15.8. The topological polar surface area (TPSA) is 29.3 Å². The van der Waals surface area contributed by atoms with Gasteiger partial charge in [-0.3, -0.25) is 4.90 Å². The van der Waals surface area contributed by atoms with Gasteiger partial charge in [-0.25, -0.2) is 0 Å². The number of hydrogen-bond acceptors (Lipinski definition) is 2. The van der Waals surface area contributed by atoms with Gasteiger partial charge in [0.15, 0.2) is 0 Å². The van der Waals surface area contributed by atoms with Crippen molar-refractivity contribution in [3.05, 3.63) is 12.7 Å². The molecule has 0 aromatic rings. The molecule has 0 aliphatic rings. The van der Waals surface area contributed by atoms with Gasteiger partial charge in [0, 0.05) is 12.6 Å². The molecule has 0 saturated heterocycles. The van der Waals surface area contributed by atoms with Gasteiger partial charge in [0.05, 0.1) is 0 Å². The van der Waals surface area contributed by atoms with E-state index in [0.717, 1.165) is 26.1 Å². The van der Waals surface area contributed by atoms with E-state index in [1.165, 1.54) is 6.42 Å². The molecule has 0 aromatic heterocycles. The van der Waals surface area contributed by atoms with Gasteiger partial charge in [-0.15, -0.1) is 6.58 Å². The van der Waals surface area contributed by atoms with Crippen molar-refractivity contribution in [3.63, 3.8) is 0 Å². The second-order valence-corrected chi connectivity index (χ2v) is 5.35. The van der Waals surface area contributed by atoms with Crippen LogP contribution in [-0.4, -0.2) is 30.6 Å². The third kappa shape index (κ3) is 6.69. The Morgan fingerprint density at radius 3 is 2.33 bits per heavy atom. The van der Waals surface area contributed by atoms with Crippen LogP contribution in [0.1, 0.15) is 40.5 Å². The molecule has 15 heavy (non-hydrogen) atoms. The maximum atomic E-state index is 6.14. The number of nitrogens with two attached hydrogens (primary N) is 1.